The van der Waals surface area contributed by atoms with Crippen LogP contribution in [-0.4, -0.2) is 26.8 Å². The van der Waals surface area contributed by atoms with E-state index in [1.807, 2.05) is 47.3 Å². The number of nitriles is 1. The summed E-state index contributed by atoms with van der Waals surface area (Å²) in [5.41, 5.74) is 8.96. The van der Waals surface area contributed by atoms with Gasteiger partial charge in [0.2, 0.25) is 0 Å². The van der Waals surface area contributed by atoms with Crippen molar-refractivity contribution in [2.75, 3.05) is 12.3 Å². The van der Waals surface area contributed by atoms with Crippen molar-refractivity contribution in [3.63, 3.8) is 0 Å². The molecule has 0 bridgehead atoms. The summed E-state index contributed by atoms with van der Waals surface area (Å²) in [7, 11) is 0. The van der Waals surface area contributed by atoms with Gasteiger partial charge in [0.1, 0.15) is 23.3 Å². The van der Waals surface area contributed by atoms with E-state index in [-0.39, 0.29) is 17.5 Å². The van der Waals surface area contributed by atoms with Gasteiger partial charge in [-0.05, 0) is 67.4 Å². The van der Waals surface area contributed by atoms with E-state index in [1.165, 1.54) is 16.8 Å². The summed E-state index contributed by atoms with van der Waals surface area (Å²) in [6.45, 7) is 0.417. The Kier molecular flexibility index (Phi) is 5.99. The first-order valence-electron chi connectivity index (χ1n) is 10.1. The number of rotatable bonds is 7. The Balaban J connectivity index is 1.38. The quantitative estimate of drug-likeness (QED) is 0.439. The normalized spacial score (nSPS) is 10.6. The Morgan fingerprint density at radius 3 is 2.56 bits per heavy atom. The predicted octanol–water partition coefficient (Wildman–Crippen LogP) is 3.62. The molecule has 1 amide bonds. The van der Waals surface area contributed by atoms with Crippen molar-refractivity contribution >= 4 is 11.7 Å². The van der Waals surface area contributed by atoms with E-state index in [1.54, 1.807) is 18.2 Å². The molecule has 0 radical (unpaired) electrons. The number of carbonyl (C=O) groups is 1. The Labute approximate surface area is 184 Å². The summed E-state index contributed by atoms with van der Waals surface area (Å²) < 4.78 is 16.6. The van der Waals surface area contributed by atoms with Crippen LogP contribution in [0.1, 0.15) is 28.0 Å². The van der Waals surface area contributed by atoms with Gasteiger partial charge in [0.15, 0.2) is 0 Å². The predicted molar refractivity (Wildman–Crippen MR) is 119 cm³/mol. The molecule has 3 N–H and O–H groups in total. The topological polar surface area (TPSA) is 102 Å². The van der Waals surface area contributed by atoms with Crippen LogP contribution in [0.2, 0.25) is 0 Å². The Bertz CT molecular complexity index is 1270. The van der Waals surface area contributed by atoms with Crippen LogP contribution in [0.25, 0.3) is 11.4 Å². The largest absolute Gasteiger partial charge is 0.382 e. The fraction of sp³-hybridized carbons (Fsp3) is 0.125. The lowest BCUT2D eigenvalue weighted by Crippen LogP contribution is -2.25. The third-order valence-corrected chi connectivity index (χ3v) is 5.06. The zero-order valence-corrected chi connectivity index (χ0v) is 17.2. The van der Waals surface area contributed by atoms with Crippen molar-refractivity contribution in [1.29, 1.82) is 5.26 Å². The molecule has 32 heavy (non-hydrogen) atoms. The molecule has 160 valence electrons. The monoisotopic (exact) mass is 428 g/mol. The van der Waals surface area contributed by atoms with Gasteiger partial charge in [-0.25, -0.2) is 9.07 Å². The van der Waals surface area contributed by atoms with Crippen molar-refractivity contribution in [2.45, 2.75) is 12.8 Å². The van der Waals surface area contributed by atoms with E-state index in [2.05, 4.69) is 16.5 Å². The van der Waals surface area contributed by atoms with E-state index in [0.29, 0.717) is 41.9 Å². The molecule has 0 saturated heterocycles. The van der Waals surface area contributed by atoms with Gasteiger partial charge in [0, 0.05) is 30.2 Å². The second kappa shape index (κ2) is 9.18. The van der Waals surface area contributed by atoms with Crippen molar-refractivity contribution in [2.24, 2.45) is 0 Å². The molecule has 4 aromatic rings. The van der Waals surface area contributed by atoms with E-state index < -0.39 is 0 Å². The minimum atomic E-state index is -0.366. The van der Waals surface area contributed by atoms with Gasteiger partial charge < -0.3 is 15.6 Å². The lowest BCUT2D eigenvalue weighted by molar-refractivity contribution is 0.0953. The highest BCUT2D eigenvalue weighted by atomic mass is 19.1. The van der Waals surface area contributed by atoms with Crippen LogP contribution in [-0.2, 0) is 6.42 Å². The van der Waals surface area contributed by atoms with Gasteiger partial charge in [-0.3, -0.25) is 4.79 Å². The van der Waals surface area contributed by atoms with Gasteiger partial charge >= 0.3 is 0 Å². The van der Waals surface area contributed by atoms with Crippen LogP contribution >= 0.6 is 0 Å². The lowest BCUT2D eigenvalue weighted by Gasteiger charge is -2.07. The average molecular weight is 428 g/mol. The molecule has 0 atom stereocenters. The Hall–Kier alpha value is -4.38. The smallest absolute Gasteiger partial charge is 0.251 e. The molecular weight excluding hydrogens is 407 g/mol. The molecule has 0 saturated carbocycles. The summed E-state index contributed by atoms with van der Waals surface area (Å²) >= 11 is 0. The van der Waals surface area contributed by atoms with Gasteiger partial charge in [-0.1, -0.05) is 6.07 Å². The second-order valence-corrected chi connectivity index (χ2v) is 7.21. The van der Waals surface area contributed by atoms with E-state index >= 15 is 0 Å². The highest BCUT2D eigenvalue weighted by Gasteiger charge is 2.16. The molecule has 0 fully saturated rings. The van der Waals surface area contributed by atoms with E-state index in [9.17, 15) is 14.4 Å². The third-order valence-electron chi connectivity index (χ3n) is 5.06. The number of nitrogens with zero attached hydrogens (tertiary/aromatic N) is 4. The van der Waals surface area contributed by atoms with Crippen LogP contribution in [0.4, 0.5) is 10.2 Å². The minimum Gasteiger partial charge on any atom is -0.382 e. The van der Waals surface area contributed by atoms with Crippen LogP contribution in [0.3, 0.4) is 0 Å². The third kappa shape index (κ3) is 4.37. The molecule has 8 heteroatoms. The summed E-state index contributed by atoms with van der Waals surface area (Å²) in [5.74, 6) is -0.328. The number of aromatic nitrogens is 3. The van der Waals surface area contributed by atoms with Gasteiger partial charge in [-0.15, -0.1) is 0 Å². The molecule has 0 aliphatic rings. The maximum Gasteiger partial charge on any atom is 0.251 e. The van der Waals surface area contributed by atoms with Gasteiger partial charge in [0.25, 0.3) is 5.91 Å². The maximum absolute atomic E-state index is 13.2. The molecule has 2 heterocycles. The summed E-state index contributed by atoms with van der Waals surface area (Å²) in [6.07, 6.45) is 4.88. The number of hydrogen-bond acceptors (Lipinski definition) is 4. The molecule has 0 aliphatic carbocycles. The maximum atomic E-state index is 13.2. The standard InChI is InChI=1S/C24H21FN6O/c25-18-8-10-19(11-9-18)31-23(27)21(16-26)22(29-31)7-4-12-28-24(32)17-5-3-6-20(15-17)30-13-1-2-14-30/h1-3,5-6,8-11,13-15H,4,7,12,27H2,(H,28,32). The zero-order valence-electron chi connectivity index (χ0n) is 17.2. The molecule has 0 unspecified atom stereocenters. The second-order valence-electron chi connectivity index (χ2n) is 7.21. The van der Waals surface area contributed by atoms with Crippen LogP contribution in [0.15, 0.2) is 73.1 Å². The SMILES string of the molecule is N#Cc1c(CCCNC(=O)c2cccc(-n3cccc3)c2)nn(-c2ccc(F)cc2)c1N. The summed E-state index contributed by atoms with van der Waals surface area (Å²) in [6, 6.07) is 19.0. The fourth-order valence-electron chi connectivity index (χ4n) is 3.43. The number of halogens is 1. The number of carbonyl (C=O) groups excluding carboxylic acids is 1. The highest BCUT2D eigenvalue weighted by molar-refractivity contribution is 5.94. The molecule has 0 spiro atoms. The number of nitrogens with two attached hydrogens (primary N) is 1. The number of nitrogens with one attached hydrogen (secondary N) is 1. The first kappa shape index (κ1) is 20.9. The highest BCUT2D eigenvalue weighted by Crippen LogP contribution is 2.21. The van der Waals surface area contributed by atoms with Crippen LogP contribution in [0, 0.1) is 17.1 Å². The van der Waals surface area contributed by atoms with Crippen molar-refractivity contribution in [3.8, 4) is 17.4 Å². The number of amides is 1. The van der Waals surface area contributed by atoms with Gasteiger partial charge in [-0.2, -0.15) is 10.4 Å². The van der Waals surface area contributed by atoms with Crippen molar-refractivity contribution in [3.05, 3.63) is 95.7 Å². The first-order valence-corrected chi connectivity index (χ1v) is 10.1. The number of hydrogen-bond donors (Lipinski definition) is 2. The zero-order chi connectivity index (χ0) is 22.5. The Morgan fingerprint density at radius 2 is 1.84 bits per heavy atom. The lowest BCUT2D eigenvalue weighted by atomic mass is 10.1. The summed E-state index contributed by atoms with van der Waals surface area (Å²) in [4.78, 5) is 12.5. The van der Waals surface area contributed by atoms with E-state index in [4.69, 9.17) is 5.73 Å². The van der Waals surface area contributed by atoms with Crippen LogP contribution < -0.4 is 11.1 Å². The number of nitrogen functional groups attached to an aromatic ring is 1. The molecule has 2 aromatic carbocycles. The first-order chi connectivity index (χ1) is 15.6. The van der Waals surface area contributed by atoms with Crippen molar-refractivity contribution < 1.29 is 9.18 Å². The minimum absolute atomic E-state index is 0.170. The number of benzene rings is 2. The molecule has 0 aliphatic heterocycles. The average Bonchev–Trinajstić information content (AvgIpc) is 3.45. The molecular formula is C24H21FN6O. The van der Waals surface area contributed by atoms with E-state index in [0.717, 1.165) is 5.69 Å². The Morgan fingerprint density at radius 1 is 1.09 bits per heavy atom. The molecule has 7 nitrogen and oxygen atoms in total. The summed E-state index contributed by atoms with van der Waals surface area (Å²) in [5, 5.41) is 16.8. The number of aryl methyl sites for hydroxylation is 1. The fourth-order valence-corrected chi connectivity index (χ4v) is 3.43. The number of anilines is 1. The molecule has 4 rings (SSSR count). The van der Waals surface area contributed by atoms with Crippen molar-refractivity contribution in [1.82, 2.24) is 19.7 Å². The molecule has 2 aromatic heterocycles. The van der Waals surface area contributed by atoms with Gasteiger partial charge in [0.05, 0.1) is 11.4 Å². The van der Waals surface area contributed by atoms with Crippen LogP contribution in [0.5, 0.6) is 0 Å².